The van der Waals surface area contributed by atoms with Crippen molar-refractivity contribution in [2.45, 2.75) is 77.9 Å². The molecule has 0 aromatic heterocycles. The second-order valence-corrected chi connectivity index (χ2v) is 8.71. The van der Waals surface area contributed by atoms with Gasteiger partial charge in [-0.1, -0.05) is 11.6 Å². The Morgan fingerprint density at radius 3 is 2.53 bits per heavy atom. The van der Waals surface area contributed by atoms with Crippen molar-refractivity contribution in [1.29, 1.82) is 0 Å². The summed E-state index contributed by atoms with van der Waals surface area (Å²) in [5.41, 5.74) is 2.93. The fourth-order valence-electron chi connectivity index (χ4n) is 3.89. The van der Waals surface area contributed by atoms with E-state index in [9.17, 15) is 19.2 Å². The lowest BCUT2D eigenvalue weighted by atomic mass is 9.94. The van der Waals surface area contributed by atoms with E-state index in [2.05, 4.69) is 5.32 Å². The summed E-state index contributed by atoms with van der Waals surface area (Å²) in [6, 6.07) is 0.266. The smallest absolute Gasteiger partial charge is 0.342 e. The van der Waals surface area contributed by atoms with Crippen LogP contribution in [-0.4, -0.2) is 42.1 Å². The molecule has 1 heterocycles. The molecule has 34 heavy (non-hydrogen) atoms. The van der Waals surface area contributed by atoms with Gasteiger partial charge in [0.05, 0.1) is 7.11 Å². The van der Waals surface area contributed by atoms with E-state index in [0.29, 0.717) is 29.7 Å². The zero-order valence-corrected chi connectivity index (χ0v) is 19.8. The van der Waals surface area contributed by atoms with Gasteiger partial charge in [0, 0.05) is 36.4 Å². The van der Waals surface area contributed by atoms with Crippen molar-refractivity contribution in [3.8, 4) is 11.5 Å². The highest BCUT2D eigenvalue weighted by Gasteiger charge is 2.34. The number of aliphatic carboxylic acids is 1. The molecule has 1 fully saturated rings. The molecule has 0 unspecified atom stereocenters. The summed E-state index contributed by atoms with van der Waals surface area (Å²) in [7, 11) is 1.50. The van der Waals surface area contributed by atoms with Crippen molar-refractivity contribution in [2.75, 3.05) is 7.11 Å². The fourth-order valence-corrected chi connectivity index (χ4v) is 3.89. The number of fused-ring (bicyclic) bond motifs is 1. The Kier molecular flexibility index (Phi) is 8.31. The largest absolute Gasteiger partial charge is 0.496 e. The third-order valence-electron chi connectivity index (χ3n) is 5.96. The SMILES string of the molecule is COc1c(C)c2c(c(OC(=O)CCCC(=O)NC3CC3)c1CC=C(C)CCC(=O)O)C(=O)OC2. The number of nitrogens with one attached hydrogen (secondary N) is 1. The number of hydrogen-bond acceptors (Lipinski definition) is 7. The Morgan fingerprint density at radius 2 is 1.88 bits per heavy atom. The number of carbonyl (C=O) groups excluding carboxylic acids is 3. The molecule has 0 bridgehead atoms. The topological polar surface area (TPSA) is 128 Å². The number of hydrogen-bond donors (Lipinski definition) is 2. The van der Waals surface area contributed by atoms with Crippen LogP contribution in [-0.2, 0) is 32.1 Å². The normalized spacial score (nSPS) is 14.9. The highest BCUT2D eigenvalue weighted by Crippen LogP contribution is 2.43. The third-order valence-corrected chi connectivity index (χ3v) is 5.96. The number of methoxy groups -OCH3 is 1. The molecule has 3 rings (SSSR count). The molecule has 2 N–H and O–H groups in total. The van der Waals surface area contributed by atoms with E-state index >= 15 is 0 Å². The van der Waals surface area contributed by atoms with Crippen molar-refractivity contribution in [3.05, 3.63) is 33.9 Å². The Labute approximate surface area is 198 Å². The average molecular weight is 474 g/mol. The molecule has 9 nitrogen and oxygen atoms in total. The first kappa shape index (κ1) is 25.3. The number of allylic oxidation sites excluding steroid dienone is 2. The van der Waals surface area contributed by atoms with Gasteiger partial charge in [-0.25, -0.2) is 4.79 Å². The minimum absolute atomic E-state index is 0.00514. The molecule has 0 radical (unpaired) electrons. The summed E-state index contributed by atoms with van der Waals surface area (Å²) < 4.78 is 16.5. The van der Waals surface area contributed by atoms with E-state index in [-0.39, 0.29) is 55.6 Å². The van der Waals surface area contributed by atoms with Crippen LogP contribution in [0.5, 0.6) is 11.5 Å². The molecular formula is C25H31NO8. The third kappa shape index (κ3) is 6.36. The molecule has 9 heteroatoms. The van der Waals surface area contributed by atoms with Gasteiger partial charge in [0.2, 0.25) is 5.91 Å². The maximum absolute atomic E-state index is 12.7. The lowest BCUT2D eigenvalue weighted by molar-refractivity contribution is -0.137. The van der Waals surface area contributed by atoms with Crippen LogP contribution >= 0.6 is 0 Å². The van der Waals surface area contributed by atoms with Gasteiger partial charge in [-0.2, -0.15) is 0 Å². The number of ether oxygens (including phenoxy) is 3. The molecule has 0 atom stereocenters. The fraction of sp³-hybridized carbons (Fsp3) is 0.520. The quantitative estimate of drug-likeness (QED) is 0.269. The van der Waals surface area contributed by atoms with E-state index < -0.39 is 17.9 Å². The molecule has 1 aliphatic carbocycles. The molecule has 1 aromatic rings. The molecule has 0 spiro atoms. The van der Waals surface area contributed by atoms with Gasteiger partial charge in [-0.05, 0) is 51.5 Å². The van der Waals surface area contributed by atoms with E-state index in [1.165, 1.54) is 7.11 Å². The Hall–Kier alpha value is -3.36. The van der Waals surface area contributed by atoms with Crippen molar-refractivity contribution in [2.24, 2.45) is 0 Å². The summed E-state index contributed by atoms with van der Waals surface area (Å²) >= 11 is 0. The molecular weight excluding hydrogens is 442 g/mol. The van der Waals surface area contributed by atoms with Crippen molar-refractivity contribution in [3.63, 3.8) is 0 Å². The van der Waals surface area contributed by atoms with Crippen LogP contribution in [0.2, 0.25) is 0 Å². The molecule has 1 aromatic carbocycles. The summed E-state index contributed by atoms with van der Waals surface area (Å²) in [6.45, 7) is 3.70. The van der Waals surface area contributed by atoms with Crippen LogP contribution in [0, 0.1) is 6.92 Å². The van der Waals surface area contributed by atoms with Crippen LogP contribution < -0.4 is 14.8 Å². The Bertz CT molecular complexity index is 1020. The summed E-state index contributed by atoms with van der Waals surface area (Å²) in [6.07, 6.45) is 5.07. The van der Waals surface area contributed by atoms with E-state index in [1.807, 2.05) is 19.9 Å². The number of carbonyl (C=O) groups is 4. The Morgan fingerprint density at radius 1 is 1.15 bits per heavy atom. The van der Waals surface area contributed by atoms with Crippen LogP contribution in [0.4, 0.5) is 0 Å². The predicted molar refractivity (Wildman–Crippen MR) is 122 cm³/mol. The van der Waals surface area contributed by atoms with E-state index in [1.54, 1.807) is 0 Å². The van der Waals surface area contributed by atoms with Gasteiger partial charge in [-0.3, -0.25) is 14.4 Å². The predicted octanol–water partition coefficient (Wildman–Crippen LogP) is 3.38. The Balaban J connectivity index is 1.81. The number of carboxylic acids is 1. The number of esters is 2. The number of rotatable bonds is 12. The lowest BCUT2D eigenvalue weighted by Crippen LogP contribution is -2.25. The zero-order valence-electron chi connectivity index (χ0n) is 19.8. The first-order valence-corrected chi connectivity index (χ1v) is 11.5. The molecule has 2 aliphatic rings. The molecule has 1 saturated carbocycles. The molecule has 184 valence electrons. The standard InChI is InChI=1S/C25H31NO8/c1-14(8-12-20(28)29)7-11-17-23(32-3)15(2)18-13-33-25(31)22(18)24(17)34-21(30)6-4-5-19(27)26-16-9-10-16/h7,16H,4-6,8-13H2,1-3H3,(H,26,27)(H,28,29). The number of cyclic esters (lactones) is 1. The minimum atomic E-state index is -0.887. The first-order valence-electron chi connectivity index (χ1n) is 11.5. The first-order chi connectivity index (χ1) is 16.2. The molecule has 1 amide bonds. The summed E-state index contributed by atoms with van der Waals surface area (Å²) in [4.78, 5) is 47.9. The minimum Gasteiger partial charge on any atom is -0.496 e. The van der Waals surface area contributed by atoms with Gasteiger partial charge in [0.1, 0.15) is 17.9 Å². The number of benzene rings is 1. The van der Waals surface area contributed by atoms with E-state index in [4.69, 9.17) is 19.3 Å². The van der Waals surface area contributed by atoms with Crippen molar-refractivity contribution < 1.29 is 38.5 Å². The van der Waals surface area contributed by atoms with E-state index in [0.717, 1.165) is 24.0 Å². The van der Waals surface area contributed by atoms with Gasteiger partial charge >= 0.3 is 17.9 Å². The summed E-state index contributed by atoms with van der Waals surface area (Å²) in [5.74, 6) is -1.50. The maximum Gasteiger partial charge on any atom is 0.342 e. The lowest BCUT2D eigenvalue weighted by Gasteiger charge is -2.19. The van der Waals surface area contributed by atoms with Gasteiger partial charge in [-0.15, -0.1) is 0 Å². The number of carboxylic acid groups (broad SMARTS) is 1. The second kappa shape index (κ2) is 11.2. The highest BCUT2D eigenvalue weighted by atomic mass is 16.6. The second-order valence-electron chi connectivity index (χ2n) is 8.71. The van der Waals surface area contributed by atoms with Crippen LogP contribution in [0.15, 0.2) is 11.6 Å². The van der Waals surface area contributed by atoms with Crippen molar-refractivity contribution in [1.82, 2.24) is 5.32 Å². The molecule has 0 saturated heterocycles. The van der Waals surface area contributed by atoms with Crippen LogP contribution in [0.3, 0.4) is 0 Å². The monoisotopic (exact) mass is 473 g/mol. The number of amides is 1. The van der Waals surface area contributed by atoms with Gasteiger partial charge in [0.15, 0.2) is 5.75 Å². The van der Waals surface area contributed by atoms with Crippen molar-refractivity contribution >= 4 is 23.8 Å². The van der Waals surface area contributed by atoms with Crippen LogP contribution in [0.25, 0.3) is 0 Å². The average Bonchev–Trinajstić information content (AvgIpc) is 3.51. The molecule has 1 aliphatic heterocycles. The van der Waals surface area contributed by atoms with Gasteiger partial charge < -0.3 is 24.6 Å². The van der Waals surface area contributed by atoms with Crippen LogP contribution in [0.1, 0.15) is 78.9 Å². The van der Waals surface area contributed by atoms with Gasteiger partial charge in [0.25, 0.3) is 0 Å². The summed E-state index contributed by atoms with van der Waals surface area (Å²) in [5, 5.41) is 11.8. The maximum atomic E-state index is 12.7. The zero-order chi connectivity index (χ0) is 24.8. The highest BCUT2D eigenvalue weighted by molar-refractivity contribution is 5.99.